The number of nitrogens with zero attached hydrogens (tertiary/aromatic N) is 3. The molecule has 0 aliphatic rings. The summed E-state index contributed by atoms with van der Waals surface area (Å²) >= 11 is 0. The van der Waals surface area contributed by atoms with Gasteiger partial charge in [0.25, 0.3) is 11.5 Å². The number of aromatic nitrogens is 3. The van der Waals surface area contributed by atoms with E-state index in [1.54, 1.807) is 54.2 Å². The van der Waals surface area contributed by atoms with Crippen LogP contribution in [0.3, 0.4) is 0 Å². The van der Waals surface area contributed by atoms with Crippen LogP contribution in [0.15, 0.2) is 64.4 Å². The molecular formula is C20H19N5O4S. The molecule has 1 aromatic carbocycles. The molecule has 10 heteroatoms. The number of benzene rings is 1. The van der Waals surface area contributed by atoms with Crippen molar-refractivity contribution in [3.63, 3.8) is 0 Å². The first kappa shape index (κ1) is 19.8. The zero-order valence-electron chi connectivity index (χ0n) is 16.1. The summed E-state index contributed by atoms with van der Waals surface area (Å²) in [6, 6.07) is 13.0. The van der Waals surface area contributed by atoms with Crippen LogP contribution in [0.1, 0.15) is 16.1 Å². The lowest BCUT2D eigenvalue weighted by atomic mass is 10.1. The number of aryl methyl sites for hydroxylation is 1. The predicted molar refractivity (Wildman–Crippen MR) is 112 cm³/mol. The van der Waals surface area contributed by atoms with E-state index in [0.717, 1.165) is 5.56 Å². The van der Waals surface area contributed by atoms with Gasteiger partial charge in [0.15, 0.2) is 0 Å². The van der Waals surface area contributed by atoms with E-state index in [1.807, 2.05) is 0 Å². The van der Waals surface area contributed by atoms with Crippen molar-refractivity contribution < 1.29 is 13.2 Å². The van der Waals surface area contributed by atoms with Crippen molar-refractivity contribution in [1.82, 2.24) is 19.3 Å². The largest absolute Gasteiger partial charge is 0.350 e. The topological polar surface area (TPSA) is 129 Å². The van der Waals surface area contributed by atoms with E-state index in [-0.39, 0.29) is 16.4 Å². The maximum absolute atomic E-state index is 12.7. The normalized spacial score (nSPS) is 11.8. The quantitative estimate of drug-likeness (QED) is 0.489. The van der Waals surface area contributed by atoms with Crippen molar-refractivity contribution in [1.29, 1.82) is 0 Å². The Morgan fingerprint density at radius 1 is 1.17 bits per heavy atom. The molecular weight excluding hydrogens is 406 g/mol. The maximum Gasteiger partial charge on any atom is 0.267 e. The van der Waals surface area contributed by atoms with E-state index < -0.39 is 10.0 Å². The van der Waals surface area contributed by atoms with Gasteiger partial charge in [-0.15, -0.1) is 0 Å². The fraction of sp³-hybridized carbons (Fsp3) is 0.150. The smallest absolute Gasteiger partial charge is 0.267 e. The SMILES string of the molecule is Cn1c(C(=O)NCCc2ccc(S(N)(=O)=O)cc2)cc2c(=O)n3ccccc3nc21. The lowest BCUT2D eigenvalue weighted by Crippen LogP contribution is -2.27. The zero-order chi connectivity index (χ0) is 21.5. The van der Waals surface area contributed by atoms with Gasteiger partial charge in [-0.2, -0.15) is 0 Å². The van der Waals surface area contributed by atoms with Crippen LogP contribution in [0.25, 0.3) is 16.7 Å². The van der Waals surface area contributed by atoms with E-state index in [0.29, 0.717) is 35.3 Å². The minimum atomic E-state index is -3.73. The standard InChI is InChI=1S/C20H19N5O4S/c1-24-16(12-15-18(24)23-17-4-2-3-11-25(17)20(15)27)19(26)22-10-9-13-5-7-14(8-6-13)30(21,28)29/h2-8,11-12H,9-10H2,1H3,(H,22,26)(H2,21,28,29). The Bertz CT molecular complexity index is 1440. The van der Waals surface area contributed by atoms with Gasteiger partial charge in [0.2, 0.25) is 10.0 Å². The van der Waals surface area contributed by atoms with Crippen LogP contribution in [0.2, 0.25) is 0 Å². The molecule has 30 heavy (non-hydrogen) atoms. The van der Waals surface area contributed by atoms with Crippen molar-refractivity contribution >= 4 is 32.6 Å². The summed E-state index contributed by atoms with van der Waals surface area (Å²) in [7, 11) is -2.04. The molecule has 0 atom stereocenters. The van der Waals surface area contributed by atoms with Crippen LogP contribution in [0, 0.1) is 0 Å². The highest BCUT2D eigenvalue weighted by atomic mass is 32.2. The van der Waals surface area contributed by atoms with E-state index in [1.165, 1.54) is 16.5 Å². The first-order chi connectivity index (χ1) is 14.3. The molecule has 4 aromatic rings. The van der Waals surface area contributed by atoms with Gasteiger partial charge < -0.3 is 9.88 Å². The molecule has 9 nitrogen and oxygen atoms in total. The minimum absolute atomic E-state index is 0.0389. The molecule has 0 unspecified atom stereocenters. The molecule has 0 saturated carbocycles. The van der Waals surface area contributed by atoms with E-state index in [9.17, 15) is 18.0 Å². The number of rotatable bonds is 5. The van der Waals surface area contributed by atoms with Crippen molar-refractivity contribution in [2.24, 2.45) is 12.2 Å². The third-order valence-electron chi connectivity index (χ3n) is 4.89. The predicted octanol–water partition coefficient (Wildman–Crippen LogP) is 0.806. The first-order valence-electron chi connectivity index (χ1n) is 9.12. The average molecular weight is 425 g/mol. The Labute approximate surface area is 171 Å². The molecule has 0 aliphatic heterocycles. The van der Waals surface area contributed by atoms with Crippen molar-refractivity contribution in [2.75, 3.05) is 6.54 Å². The number of hydrogen-bond acceptors (Lipinski definition) is 5. The van der Waals surface area contributed by atoms with Gasteiger partial charge in [0.05, 0.1) is 10.3 Å². The highest BCUT2D eigenvalue weighted by Crippen LogP contribution is 2.15. The molecule has 0 fully saturated rings. The van der Waals surface area contributed by atoms with E-state index >= 15 is 0 Å². The number of sulfonamides is 1. The highest BCUT2D eigenvalue weighted by Gasteiger charge is 2.17. The van der Waals surface area contributed by atoms with Crippen molar-refractivity contribution in [3.8, 4) is 0 Å². The number of fused-ring (bicyclic) bond motifs is 2. The molecule has 0 aliphatic carbocycles. The number of nitrogens with one attached hydrogen (secondary N) is 1. The zero-order valence-corrected chi connectivity index (χ0v) is 16.9. The van der Waals surface area contributed by atoms with Crippen LogP contribution in [0.5, 0.6) is 0 Å². The Balaban J connectivity index is 1.52. The van der Waals surface area contributed by atoms with Gasteiger partial charge >= 0.3 is 0 Å². The fourth-order valence-electron chi connectivity index (χ4n) is 3.30. The van der Waals surface area contributed by atoms with Gasteiger partial charge in [0, 0.05) is 19.8 Å². The van der Waals surface area contributed by atoms with Crippen molar-refractivity contribution in [2.45, 2.75) is 11.3 Å². The van der Waals surface area contributed by atoms with Gasteiger partial charge in [0.1, 0.15) is 17.0 Å². The second kappa shape index (κ2) is 7.39. The summed E-state index contributed by atoms with van der Waals surface area (Å²) in [6.07, 6.45) is 2.14. The monoisotopic (exact) mass is 425 g/mol. The molecule has 3 aromatic heterocycles. The molecule has 0 radical (unpaired) electrons. The summed E-state index contributed by atoms with van der Waals surface area (Å²) in [4.78, 5) is 29.9. The lowest BCUT2D eigenvalue weighted by Gasteiger charge is -2.07. The van der Waals surface area contributed by atoms with Gasteiger partial charge in [-0.1, -0.05) is 18.2 Å². The fourth-order valence-corrected chi connectivity index (χ4v) is 3.81. The van der Waals surface area contributed by atoms with Crippen LogP contribution >= 0.6 is 0 Å². The third kappa shape index (κ3) is 3.58. The molecule has 0 spiro atoms. The van der Waals surface area contributed by atoms with Crippen LogP contribution < -0.4 is 16.0 Å². The van der Waals surface area contributed by atoms with Crippen molar-refractivity contribution in [3.05, 3.63) is 76.3 Å². The average Bonchev–Trinajstić information content (AvgIpc) is 3.05. The van der Waals surface area contributed by atoms with Crippen LogP contribution in [0.4, 0.5) is 0 Å². The highest BCUT2D eigenvalue weighted by molar-refractivity contribution is 7.89. The Kier molecular flexibility index (Phi) is 4.88. The number of carbonyl (C=O) groups excluding carboxylic acids is 1. The first-order valence-corrected chi connectivity index (χ1v) is 10.7. The Morgan fingerprint density at radius 3 is 2.60 bits per heavy atom. The van der Waals surface area contributed by atoms with Crippen LogP contribution in [-0.2, 0) is 23.5 Å². The minimum Gasteiger partial charge on any atom is -0.350 e. The second-order valence-corrected chi connectivity index (χ2v) is 8.43. The maximum atomic E-state index is 12.7. The summed E-state index contributed by atoms with van der Waals surface area (Å²) in [5, 5.41) is 8.27. The molecule has 3 heterocycles. The van der Waals surface area contributed by atoms with E-state index in [2.05, 4.69) is 10.3 Å². The summed E-state index contributed by atoms with van der Waals surface area (Å²) in [6.45, 7) is 0.337. The number of primary sulfonamides is 1. The third-order valence-corrected chi connectivity index (χ3v) is 5.82. The van der Waals surface area contributed by atoms with Gasteiger partial charge in [-0.05, 0) is 42.3 Å². The summed E-state index contributed by atoms with van der Waals surface area (Å²) < 4.78 is 25.6. The molecule has 0 saturated heterocycles. The number of nitrogens with two attached hydrogens (primary N) is 1. The summed E-state index contributed by atoms with van der Waals surface area (Å²) in [5.74, 6) is -0.329. The lowest BCUT2D eigenvalue weighted by molar-refractivity contribution is 0.0946. The number of amides is 1. The number of pyridine rings is 1. The van der Waals surface area contributed by atoms with Gasteiger partial charge in [-0.3, -0.25) is 14.0 Å². The molecule has 4 rings (SSSR count). The molecule has 3 N–H and O–H groups in total. The van der Waals surface area contributed by atoms with Crippen LogP contribution in [-0.4, -0.2) is 34.8 Å². The summed E-state index contributed by atoms with van der Waals surface area (Å²) in [5.41, 5.74) is 1.89. The molecule has 1 amide bonds. The Hall–Kier alpha value is -3.50. The molecule has 0 bridgehead atoms. The second-order valence-electron chi connectivity index (χ2n) is 6.87. The molecule has 154 valence electrons. The Morgan fingerprint density at radius 2 is 1.90 bits per heavy atom. The number of hydrogen-bond donors (Lipinski definition) is 2. The van der Waals surface area contributed by atoms with Gasteiger partial charge in [-0.25, -0.2) is 18.5 Å². The number of carbonyl (C=O) groups is 1. The van der Waals surface area contributed by atoms with E-state index in [4.69, 9.17) is 5.14 Å².